The number of nitrogens with two attached hydrogens (primary N) is 1. The van der Waals surface area contributed by atoms with Gasteiger partial charge in [0.2, 0.25) is 11.8 Å². The summed E-state index contributed by atoms with van der Waals surface area (Å²) >= 11 is 0. The van der Waals surface area contributed by atoms with E-state index in [0.29, 0.717) is 13.1 Å². The van der Waals surface area contributed by atoms with Crippen LogP contribution in [0, 0.1) is 5.41 Å². The number of anilines is 1. The van der Waals surface area contributed by atoms with Crippen LogP contribution in [0.5, 0.6) is 0 Å². The molecule has 2 rings (SSSR count). The lowest BCUT2D eigenvalue weighted by molar-refractivity contribution is -0.129. The number of benzene rings is 1. The second kappa shape index (κ2) is 6.26. The molecule has 0 bridgehead atoms. The van der Waals surface area contributed by atoms with Gasteiger partial charge in [-0.25, -0.2) is 0 Å². The smallest absolute Gasteiger partial charge is 0.231 e. The Hall–Kier alpha value is -1.88. The third kappa shape index (κ3) is 3.24. The molecule has 5 heteroatoms. The largest absolute Gasteiger partial charge is 0.342 e. The first-order valence-corrected chi connectivity index (χ1v) is 7.30. The summed E-state index contributed by atoms with van der Waals surface area (Å²) in [6.07, 6.45) is 2.76. The summed E-state index contributed by atoms with van der Waals surface area (Å²) < 4.78 is 0. The zero-order valence-corrected chi connectivity index (χ0v) is 12.7. The van der Waals surface area contributed by atoms with Crippen LogP contribution in [0.25, 0.3) is 0 Å². The van der Waals surface area contributed by atoms with E-state index in [9.17, 15) is 9.59 Å². The molecule has 0 aromatic heterocycles. The van der Waals surface area contributed by atoms with Crippen LogP contribution >= 0.6 is 0 Å². The molecular formula is C16H23N3O2. The van der Waals surface area contributed by atoms with Crippen LogP contribution in [0.2, 0.25) is 0 Å². The van der Waals surface area contributed by atoms with Crippen molar-refractivity contribution in [2.75, 3.05) is 18.9 Å². The maximum atomic E-state index is 12.4. The Morgan fingerprint density at radius 2 is 2.00 bits per heavy atom. The summed E-state index contributed by atoms with van der Waals surface area (Å²) in [5.41, 5.74) is 7.05. The zero-order chi connectivity index (χ0) is 15.5. The number of nitrogens with zero attached hydrogens (tertiary/aromatic N) is 1. The molecule has 114 valence electrons. The van der Waals surface area contributed by atoms with Crippen molar-refractivity contribution in [2.24, 2.45) is 11.1 Å². The Morgan fingerprint density at radius 1 is 1.33 bits per heavy atom. The second-order valence-corrected chi connectivity index (χ2v) is 5.82. The first-order chi connectivity index (χ1) is 9.98. The highest BCUT2D eigenvalue weighted by Gasteiger charge is 2.42. The van der Waals surface area contributed by atoms with Gasteiger partial charge < -0.3 is 16.0 Å². The topological polar surface area (TPSA) is 75.4 Å². The van der Waals surface area contributed by atoms with Crippen LogP contribution in [-0.4, -0.2) is 30.3 Å². The summed E-state index contributed by atoms with van der Waals surface area (Å²) in [4.78, 5) is 25.4. The number of carbonyl (C=O) groups is 2. The number of hydrogen-bond donors (Lipinski definition) is 2. The van der Waals surface area contributed by atoms with E-state index in [4.69, 9.17) is 5.73 Å². The molecule has 0 aliphatic heterocycles. The Kier molecular flexibility index (Phi) is 4.63. The van der Waals surface area contributed by atoms with Crippen molar-refractivity contribution in [3.8, 4) is 0 Å². The van der Waals surface area contributed by atoms with Crippen LogP contribution in [0.4, 0.5) is 5.69 Å². The average molecular weight is 289 g/mol. The van der Waals surface area contributed by atoms with Gasteiger partial charge in [-0.15, -0.1) is 0 Å². The van der Waals surface area contributed by atoms with Gasteiger partial charge in [0.1, 0.15) is 0 Å². The number of para-hydroxylation sites is 1. The number of carbonyl (C=O) groups excluding carboxylic acids is 2. The third-order valence-corrected chi connectivity index (χ3v) is 4.39. The minimum absolute atomic E-state index is 0.00539. The SMILES string of the molecule is CC(=O)N(C)Cc1ccccc1NC(=O)C1(CN)CCC1. The third-order valence-electron chi connectivity index (χ3n) is 4.39. The van der Waals surface area contributed by atoms with Gasteiger partial charge in [-0.05, 0) is 24.5 Å². The van der Waals surface area contributed by atoms with Crippen LogP contribution in [-0.2, 0) is 16.1 Å². The Balaban J connectivity index is 2.13. The van der Waals surface area contributed by atoms with Gasteiger partial charge in [0.05, 0.1) is 5.41 Å². The van der Waals surface area contributed by atoms with Crippen molar-refractivity contribution in [2.45, 2.75) is 32.7 Å². The van der Waals surface area contributed by atoms with Crippen molar-refractivity contribution >= 4 is 17.5 Å². The van der Waals surface area contributed by atoms with E-state index in [1.165, 1.54) is 6.92 Å². The highest BCUT2D eigenvalue weighted by atomic mass is 16.2. The molecule has 0 atom stereocenters. The molecule has 5 nitrogen and oxygen atoms in total. The van der Waals surface area contributed by atoms with E-state index < -0.39 is 5.41 Å². The molecule has 1 aromatic rings. The maximum absolute atomic E-state index is 12.4. The molecule has 1 aliphatic rings. The first kappa shape index (κ1) is 15.5. The number of hydrogen-bond acceptors (Lipinski definition) is 3. The molecule has 0 spiro atoms. The summed E-state index contributed by atoms with van der Waals surface area (Å²) in [5, 5.41) is 2.99. The molecular weight excluding hydrogens is 266 g/mol. The van der Waals surface area contributed by atoms with Gasteiger partial charge in [-0.2, -0.15) is 0 Å². The van der Waals surface area contributed by atoms with E-state index in [2.05, 4.69) is 5.32 Å². The van der Waals surface area contributed by atoms with E-state index in [1.807, 2.05) is 24.3 Å². The van der Waals surface area contributed by atoms with Gasteiger partial charge in [0.15, 0.2) is 0 Å². The molecule has 0 unspecified atom stereocenters. The number of rotatable bonds is 5. The van der Waals surface area contributed by atoms with Crippen molar-refractivity contribution in [3.63, 3.8) is 0 Å². The van der Waals surface area contributed by atoms with Gasteiger partial charge in [-0.3, -0.25) is 9.59 Å². The van der Waals surface area contributed by atoms with Gasteiger partial charge in [0.25, 0.3) is 0 Å². The summed E-state index contributed by atoms with van der Waals surface area (Å²) in [6, 6.07) is 7.57. The van der Waals surface area contributed by atoms with Crippen LogP contribution in [0.3, 0.4) is 0 Å². The Morgan fingerprint density at radius 3 is 2.52 bits per heavy atom. The molecule has 1 aromatic carbocycles. The van der Waals surface area contributed by atoms with Gasteiger partial charge >= 0.3 is 0 Å². The summed E-state index contributed by atoms with van der Waals surface area (Å²) in [6.45, 7) is 2.38. The van der Waals surface area contributed by atoms with Crippen LogP contribution in [0.15, 0.2) is 24.3 Å². The van der Waals surface area contributed by atoms with Crippen LogP contribution in [0.1, 0.15) is 31.7 Å². The van der Waals surface area contributed by atoms with E-state index in [1.54, 1.807) is 11.9 Å². The molecule has 0 radical (unpaired) electrons. The normalized spacial score (nSPS) is 16.0. The fourth-order valence-electron chi connectivity index (χ4n) is 2.53. The van der Waals surface area contributed by atoms with E-state index >= 15 is 0 Å². The quantitative estimate of drug-likeness (QED) is 0.867. The van der Waals surface area contributed by atoms with Crippen molar-refractivity contribution in [1.29, 1.82) is 0 Å². The highest BCUT2D eigenvalue weighted by Crippen LogP contribution is 2.41. The molecule has 1 aliphatic carbocycles. The van der Waals surface area contributed by atoms with E-state index in [-0.39, 0.29) is 11.8 Å². The Labute approximate surface area is 125 Å². The molecule has 21 heavy (non-hydrogen) atoms. The molecule has 0 heterocycles. The standard InChI is InChI=1S/C16H23N3O2/c1-12(20)19(2)10-13-6-3-4-7-14(13)18-15(21)16(11-17)8-5-9-16/h3-4,6-7H,5,8-11,17H2,1-2H3,(H,18,21). The number of amides is 2. The highest BCUT2D eigenvalue weighted by molar-refractivity contribution is 5.96. The maximum Gasteiger partial charge on any atom is 0.231 e. The zero-order valence-electron chi connectivity index (χ0n) is 12.7. The Bertz CT molecular complexity index is 533. The van der Waals surface area contributed by atoms with E-state index in [0.717, 1.165) is 30.5 Å². The lowest BCUT2D eigenvalue weighted by Crippen LogP contribution is -2.47. The molecule has 0 saturated heterocycles. The van der Waals surface area contributed by atoms with Gasteiger partial charge in [-0.1, -0.05) is 24.6 Å². The minimum atomic E-state index is -0.403. The lowest BCUT2D eigenvalue weighted by Gasteiger charge is -2.39. The predicted octanol–water partition coefficient (Wildman–Crippen LogP) is 1.73. The molecule has 1 fully saturated rings. The van der Waals surface area contributed by atoms with Crippen molar-refractivity contribution in [3.05, 3.63) is 29.8 Å². The fourth-order valence-corrected chi connectivity index (χ4v) is 2.53. The van der Waals surface area contributed by atoms with Crippen molar-refractivity contribution in [1.82, 2.24) is 4.90 Å². The van der Waals surface area contributed by atoms with Gasteiger partial charge in [0, 0.05) is 32.7 Å². The average Bonchev–Trinajstić information content (AvgIpc) is 2.40. The number of nitrogens with one attached hydrogen (secondary N) is 1. The second-order valence-electron chi connectivity index (χ2n) is 5.82. The molecule has 2 amide bonds. The van der Waals surface area contributed by atoms with Crippen molar-refractivity contribution < 1.29 is 9.59 Å². The summed E-state index contributed by atoms with van der Waals surface area (Å²) in [5.74, 6) is -0.0114. The minimum Gasteiger partial charge on any atom is -0.342 e. The first-order valence-electron chi connectivity index (χ1n) is 7.30. The monoisotopic (exact) mass is 289 g/mol. The fraction of sp³-hybridized carbons (Fsp3) is 0.500. The summed E-state index contributed by atoms with van der Waals surface area (Å²) in [7, 11) is 1.74. The molecule has 1 saturated carbocycles. The lowest BCUT2D eigenvalue weighted by atomic mass is 9.68. The predicted molar refractivity (Wildman–Crippen MR) is 82.6 cm³/mol. The molecule has 3 N–H and O–H groups in total. The van der Waals surface area contributed by atoms with Crippen LogP contribution < -0.4 is 11.1 Å².